The predicted octanol–water partition coefficient (Wildman–Crippen LogP) is 1.99. The lowest BCUT2D eigenvalue weighted by Gasteiger charge is -2.38. The molecule has 0 aromatic rings. The highest BCUT2D eigenvalue weighted by Gasteiger charge is 2.25. The molecule has 78 valence electrons. The molecule has 1 aliphatic rings. The van der Waals surface area contributed by atoms with Gasteiger partial charge in [0.05, 0.1) is 0 Å². The van der Waals surface area contributed by atoms with Crippen LogP contribution in [0.5, 0.6) is 0 Å². The first-order chi connectivity index (χ1) is 6.29. The van der Waals surface area contributed by atoms with Crippen molar-refractivity contribution in [2.75, 3.05) is 13.1 Å². The van der Waals surface area contributed by atoms with Crippen LogP contribution in [0.4, 0.5) is 0 Å². The van der Waals surface area contributed by atoms with E-state index in [0.29, 0.717) is 12.1 Å². The molecule has 2 atom stereocenters. The van der Waals surface area contributed by atoms with Crippen molar-refractivity contribution in [3.63, 3.8) is 0 Å². The van der Waals surface area contributed by atoms with Gasteiger partial charge in [0.1, 0.15) is 0 Å². The molecular formula is C11H24N2. The fraction of sp³-hybridized carbons (Fsp3) is 1.00. The van der Waals surface area contributed by atoms with Gasteiger partial charge in [0.15, 0.2) is 0 Å². The van der Waals surface area contributed by atoms with E-state index in [9.17, 15) is 0 Å². The second-order valence-corrected chi connectivity index (χ2v) is 4.17. The zero-order valence-electron chi connectivity index (χ0n) is 9.13. The van der Waals surface area contributed by atoms with Gasteiger partial charge in [-0.05, 0) is 38.8 Å². The molecule has 0 amide bonds. The molecule has 0 aromatic heterocycles. The molecule has 0 bridgehead atoms. The number of hydrogen-bond acceptors (Lipinski definition) is 2. The van der Waals surface area contributed by atoms with Crippen LogP contribution in [0, 0.1) is 0 Å². The quantitative estimate of drug-likeness (QED) is 0.724. The summed E-state index contributed by atoms with van der Waals surface area (Å²) >= 11 is 0. The van der Waals surface area contributed by atoms with Gasteiger partial charge in [0.25, 0.3) is 0 Å². The van der Waals surface area contributed by atoms with E-state index in [0.717, 1.165) is 6.42 Å². The van der Waals surface area contributed by atoms with Gasteiger partial charge < -0.3 is 5.73 Å². The largest absolute Gasteiger partial charge is 0.326 e. The normalized spacial score (nSPS) is 27.5. The summed E-state index contributed by atoms with van der Waals surface area (Å²) in [5.41, 5.74) is 6.13. The van der Waals surface area contributed by atoms with Crippen molar-refractivity contribution >= 4 is 0 Å². The Kier molecular flexibility index (Phi) is 4.74. The Bertz CT molecular complexity index is 134. The average molecular weight is 184 g/mol. The van der Waals surface area contributed by atoms with Crippen molar-refractivity contribution in [2.24, 2.45) is 5.73 Å². The summed E-state index contributed by atoms with van der Waals surface area (Å²) in [6, 6.07) is 1.06. The molecule has 1 rings (SSSR count). The van der Waals surface area contributed by atoms with Gasteiger partial charge in [-0.2, -0.15) is 0 Å². The number of likely N-dealkylation sites (tertiary alicyclic amines) is 1. The van der Waals surface area contributed by atoms with Gasteiger partial charge in [-0.25, -0.2) is 0 Å². The van der Waals surface area contributed by atoms with E-state index in [1.807, 2.05) is 0 Å². The Hall–Kier alpha value is -0.0800. The van der Waals surface area contributed by atoms with E-state index in [1.54, 1.807) is 0 Å². The molecule has 13 heavy (non-hydrogen) atoms. The van der Waals surface area contributed by atoms with E-state index < -0.39 is 0 Å². The van der Waals surface area contributed by atoms with Crippen molar-refractivity contribution in [1.82, 2.24) is 4.90 Å². The summed E-state index contributed by atoms with van der Waals surface area (Å²) in [4.78, 5) is 2.59. The summed E-state index contributed by atoms with van der Waals surface area (Å²) in [7, 11) is 0. The summed E-state index contributed by atoms with van der Waals surface area (Å²) in [5, 5.41) is 0. The van der Waals surface area contributed by atoms with E-state index >= 15 is 0 Å². The van der Waals surface area contributed by atoms with Crippen molar-refractivity contribution in [2.45, 2.75) is 58.0 Å². The van der Waals surface area contributed by atoms with E-state index in [2.05, 4.69) is 18.7 Å². The maximum atomic E-state index is 6.13. The van der Waals surface area contributed by atoms with Gasteiger partial charge in [-0.15, -0.1) is 0 Å². The van der Waals surface area contributed by atoms with E-state index in [-0.39, 0.29) is 0 Å². The topological polar surface area (TPSA) is 29.3 Å². The monoisotopic (exact) mass is 184 g/mol. The zero-order chi connectivity index (χ0) is 9.68. The average Bonchev–Trinajstić information content (AvgIpc) is 2.18. The number of hydrogen-bond donors (Lipinski definition) is 1. The van der Waals surface area contributed by atoms with Crippen molar-refractivity contribution in [3.8, 4) is 0 Å². The molecule has 1 aliphatic heterocycles. The fourth-order valence-electron chi connectivity index (χ4n) is 2.34. The maximum absolute atomic E-state index is 6.13. The molecule has 0 spiro atoms. The lowest BCUT2D eigenvalue weighted by atomic mass is 9.94. The van der Waals surface area contributed by atoms with Crippen LogP contribution in [0.1, 0.15) is 46.0 Å². The number of rotatable bonds is 4. The Morgan fingerprint density at radius 3 is 2.77 bits per heavy atom. The first-order valence-electron chi connectivity index (χ1n) is 5.79. The van der Waals surface area contributed by atoms with Crippen LogP contribution >= 0.6 is 0 Å². The van der Waals surface area contributed by atoms with Gasteiger partial charge >= 0.3 is 0 Å². The lowest BCUT2D eigenvalue weighted by Crippen LogP contribution is -2.50. The molecule has 0 saturated carbocycles. The van der Waals surface area contributed by atoms with Crippen LogP contribution in [0.25, 0.3) is 0 Å². The molecule has 0 aliphatic carbocycles. The van der Waals surface area contributed by atoms with Crippen LogP contribution in [0.3, 0.4) is 0 Å². The molecule has 0 aromatic carbocycles. The minimum Gasteiger partial charge on any atom is -0.326 e. The molecule has 2 heteroatoms. The Labute approximate surface area is 82.5 Å². The van der Waals surface area contributed by atoms with Crippen LogP contribution in [-0.4, -0.2) is 30.1 Å². The smallest absolute Gasteiger partial charge is 0.0247 e. The van der Waals surface area contributed by atoms with Crippen molar-refractivity contribution in [3.05, 3.63) is 0 Å². The Balaban J connectivity index is 2.45. The predicted molar refractivity (Wildman–Crippen MR) is 57.8 cm³/mol. The van der Waals surface area contributed by atoms with Crippen LogP contribution in [0.15, 0.2) is 0 Å². The standard InChI is InChI=1S/C11H24N2/c1-3-8-13-9-6-5-7-11(13)10(12)4-2/h10-11H,3-9,12H2,1-2H3. The third-order valence-corrected chi connectivity index (χ3v) is 3.14. The van der Waals surface area contributed by atoms with Crippen LogP contribution in [0.2, 0.25) is 0 Å². The summed E-state index contributed by atoms with van der Waals surface area (Å²) in [5.74, 6) is 0. The van der Waals surface area contributed by atoms with E-state index in [4.69, 9.17) is 5.73 Å². The van der Waals surface area contributed by atoms with Gasteiger partial charge in [-0.1, -0.05) is 20.3 Å². The summed E-state index contributed by atoms with van der Waals surface area (Å²) in [6.07, 6.45) is 6.43. The second-order valence-electron chi connectivity index (χ2n) is 4.17. The number of nitrogens with two attached hydrogens (primary N) is 1. The molecule has 2 N–H and O–H groups in total. The van der Waals surface area contributed by atoms with E-state index in [1.165, 1.54) is 38.8 Å². The van der Waals surface area contributed by atoms with Gasteiger partial charge in [0, 0.05) is 12.1 Å². The fourth-order valence-corrected chi connectivity index (χ4v) is 2.34. The van der Waals surface area contributed by atoms with Crippen molar-refractivity contribution < 1.29 is 0 Å². The Morgan fingerprint density at radius 1 is 1.38 bits per heavy atom. The van der Waals surface area contributed by atoms with Crippen LogP contribution < -0.4 is 5.73 Å². The highest BCUT2D eigenvalue weighted by molar-refractivity contribution is 4.84. The minimum atomic E-state index is 0.395. The van der Waals surface area contributed by atoms with Crippen molar-refractivity contribution in [1.29, 1.82) is 0 Å². The van der Waals surface area contributed by atoms with Crippen LogP contribution in [-0.2, 0) is 0 Å². The second kappa shape index (κ2) is 5.61. The molecule has 2 unspecified atom stereocenters. The number of nitrogens with zero attached hydrogens (tertiary/aromatic N) is 1. The highest BCUT2D eigenvalue weighted by Crippen LogP contribution is 2.20. The maximum Gasteiger partial charge on any atom is 0.0247 e. The molecule has 1 saturated heterocycles. The third kappa shape index (κ3) is 2.96. The SMILES string of the molecule is CCCN1CCCCC1C(N)CC. The first-order valence-corrected chi connectivity index (χ1v) is 5.79. The zero-order valence-corrected chi connectivity index (χ0v) is 9.13. The molecule has 1 heterocycles. The lowest BCUT2D eigenvalue weighted by molar-refractivity contribution is 0.125. The first kappa shape index (κ1) is 11.0. The highest BCUT2D eigenvalue weighted by atomic mass is 15.2. The molecule has 2 nitrogen and oxygen atoms in total. The summed E-state index contributed by atoms with van der Waals surface area (Å²) < 4.78 is 0. The summed E-state index contributed by atoms with van der Waals surface area (Å²) in [6.45, 7) is 6.96. The van der Waals surface area contributed by atoms with Gasteiger partial charge in [0.2, 0.25) is 0 Å². The third-order valence-electron chi connectivity index (χ3n) is 3.14. The minimum absolute atomic E-state index is 0.395. The molecule has 0 radical (unpaired) electrons. The van der Waals surface area contributed by atoms with Gasteiger partial charge in [-0.3, -0.25) is 4.90 Å². The molecular weight excluding hydrogens is 160 g/mol. The number of piperidine rings is 1. The Morgan fingerprint density at radius 2 is 2.15 bits per heavy atom. The molecule has 1 fully saturated rings.